The first-order valence-corrected chi connectivity index (χ1v) is 7.37. The Hall–Kier alpha value is -1.07. The second-order valence-electron chi connectivity index (χ2n) is 5.37. The third-order valence-corrected chi connectivity index (χ3v) is 4.68. The van der Waals surface area contributed by atoms with Crippen molar-refractivity contribution in [2.24, 2.45) is 0 Å². The zero-order chi connectivity index (χ0) is 13.6. The van der Waals surface area contributed by atoms with Crippen LogP contribution in [0.3, 0.4) is 0 Å². The molecule has 0 aromatic heterocycles. The summed E-state index contributed by atoms with van der Waals surface area (Å²) >= 11 is 3.52. The molecular formula is C14H18BrN3O. The van der Waals surface area contributed by atoms with Gasteiger partial charge in [0.2, 0.25) is 0 Å². The molecule has 2 aliphatic rings. The number of rotatable bonds is 2. The van der Waals surface area contributed by atoms with Crippen LogP contribution in [0.4, 0.5) is 4.79 Å². The Morgan fingerprint density at radius 1 is 1.37 bits per heavy atom. The van der Waals surface area contributed by atoms with Crippen LogP contribution in [0.1, 0.15) is 17.2 Å². The van der Waals surface area contributed by atoms with Crippen LogP contribution in [0.5, 0.6) is 0 Å². The van der Waals surface area contributed by atoms with E-state index in [4.69, 9.17) is 0 Å². The topological polar surface area (TPSA) is 35.6 Å². The van der Waals surface area contributed by atoms with Crippen molar-refractivity contribution in [2.45, 2.75) is 19.0 Å². The predicted molar refractivity (Wildman–Crippen MR) is 78.1 cm³/mol. The van der Waals surface area contributed by atoms with Crippen molar-refractivity contribution >= 4 is 22.0 Å². The number of urea groups is 1. The Morgan fingerprint density at radius 2 is 2.11 bits per heavy atom. The van der Waals surface area contributed by atoms with Gasteiger partial charge in [0.25, 0.3) is 0 Å². The fourth-order valence-corrected chi connectivity index (χ4v) is 3.18. The van der Waals surface area contributed by atoms with Gasteiger partial charge in [0, 0.05) is 31.2 Å². The van der Waals surface area contributed by atoms with Crippen molar-refractivity contribution in [1.82, 2.24) is 15.1 Å². The van der Waals surface area contributed by atoms with Crippen LogP contribution in [0, 0.1) is 6.92 Å². The maximum Gasteiger partial charge on any atom is 0.320 e. The van der Waals surface area contributed by atoms with Crippen molar-refractivity contribution in [3.63, 3.8) is 0 Å². The van der Waals surface area contributed by atoms with E-state index in [1.165, 1.54) is 11.1 Å². The third kappa shape index (κ3) is 2.15. The number of nitrogens with one attached hydrogen (secondary N) is 1. The molecular weight excluding hydrogens is 306 g/mol. The summed E-state index contributed by atoms with van der Waals surface area (Å²) in [5.74, 6) is 0. The molecule has 0 spiro atoms. The molecule has 2 amide bonds. The molecule has 3 rings (SSSR count). The normalized spacial score (nSPS) is 23.9. The first-order valence-electron chi connectivity index (χ1n) is 6.58. The Kier molecular flexibility index (Phi) is 3.27. The molecule has 1 aromatic rings. The van der Waals surface area contributed by atoms with Gasteiger partial charge < -0.3 is 15.1 Å². The second-order valence-corrected chi connectivity index (χ2v) is 6.29. The van der Waals surface area contributed by atoms with E-state index in [1.54, 1.807) is 0 Å². The highest BCUT2D eigenvalue weighted by atomic mass is 79.9. The van der Waals surface area contributed by atoms with Crippen LogP contribution in [-0.4, -0.2) is 48.6 Å². The molecule has 5 heteroatoms. The van der Waals surface area contributed by atoms with E-state index in [2.05, 4.69) is 40.3 Å². The maximum atomic E-state index is 12.3. The van der Waals surface area contributed by atoms with Gasteiger partial charge in [0.05, 0.1) is 12.1 Å². The molecule has 102 valence electrons. The molecule has 1 unspecified atom stereocenters. The summed E-state index contributed by atoms with van der Waals surface area (Å²) in [6.45, 7) is 4.74. The lowest BCUT2D eigenvalue weighted by molar-refractivity contribution is 0.162. The number of carbonyl (C=O) groups excluding carboxylic acids is 1. The van der Waals surface area contributed by atoms with E-state index in [0.29, 0.717) is 6.04 Å². The van der Waals surface area contributed by atoms with Crippen molar-refractivity contribution in [2.75, 3.05) is 26.7 Å². The number of benzene rings is 1. The maximum absolute atomic E-state index is 12.3. The van der Waals surface area contributed by atoms with Gasteiger partial charge in [-0.05, 0) is 30.2 Å². The number of aryl methyl sites for hydroxylation is 1. The molecule has 1 aromatic carbocycles. The number of hydrogen-bond acceptors (Lipinski definition) is 2. The quantitative estimate of drug-likeness (QED) is 0.905. The van der Waals surface area contributed by atoms with Crippen molar-refractivity contribution in [3.8, 4) is 0 Å². The van der Waals surface area contributed by atoms with Crippen LogP contribution in [0.15, 0.2) is 22.7 Å². The van der Waals surface area contributed by atoms with Gasteiger partial charge in [0.15, 0.2) is 0 Å². The largest absolute Gasteiger partial charge is 0.320 e. The minimum Gasteiger partial charge on any atom is -0.319 e. The Morgan fingerprint density at radius 3 is 2.74 bits per heavy atom. The Balaban J connectivity index is 1.88. The van der Waals surface area contributed by atoms with E-state index >= 15 is 0 Å². The SMILES string of the molecule is Cc1ccc(Br)cc1C1CN(C2CNC2)C(=O)N1C. The minimum atomic E-state index is 0.149. The monoisotopic (exact) mass is 323 g/mol. The third-order valence-electron chi connectivity index (χ3n) is 4.19. The highest BCUT2D eigenvalue weighted by molar-refractivity contribution is 9.10. The van der Waals surface area contributed by atoms with Crippen LogP contribution in [0.25, 0.3) is 0 Å². The molecule has 2 heterocycles. The molecule has 0 saturated carbocycles. The van der Waals surface area contributed by atoms with Gasteiger partial charge in [-0.3, -0.25) is 0 Å². The molecule has 19 heavy (non-hydrogen) atoms. The Bertz CT molecular complexity index is 515. The number of nitrogens with zero attached hydrogens (tertiary/aromatic N) is 2. The number of carbonyl (C=O) groups is 1. The lowest BCUT2D eigenvalue weighted by Gasteiger charge is -2.34. The average Bonchev–Trinajstić information content (AvgIpc) is 2.59. The zero-order valence-corrected chi connectivity index (χ0v) is 12.8. The average molecular weight is 324 g/mol. The Labute approximate surface area is 121 Å². The molecule has 1 N–H and O–H groups in total. The fraction of sp³-hybridized carbons (Fsp3) is 0.500. The fourth-order valence-electron chi connectivity index (χ4n) is 2.80. The molecule has 0 aliphatic carbocycles. The summed E-state index contributed by atoms with van der Waals surface area (Å²) in [5, 5.41) is 3.23. The molecule has 2 fully saturated rings. The summed E-state index contributed by atoms with van der Waals surface area (Å²) in [5.41, 5.74) is 2.47. The van der Waals surface area contributed by atoms with Gasteiger partial charge >= 0.3 is 6.03 Å². The van der Waals surface area contributed by atoms with E-state index in [9.17, 15) is 4.79 Å². The van der Waals surface area contributed by atoms with Crippen LogP contribution in [0.2, 0.25) is 0 Å². The number of amides is 2. The lowest BCUT2D eigenvalue weighted by atomic mass is 10.0. The number of halogens is 1. The molecule has 2 saturated heterocycles. The van der Waals surface area contributed by atoms with Gasteiger partial charge in [-0.25, -0.2) is 4.79 Å². The number of likely N-dealkylation sites (N-methyl/N-ethyl adjacent to an activating group) is 1. The first-order chi connectivity index (χ1) is 9.08. The van der Waals surface area contributed by atoms with Crippen molar-refractivity contribution in [3.05, 3.63) is 33.8 Å². The first kappa shape index (κ1) is 12.9. The standard InChI is InChI=1S/C14H18BrN3O/c1-9-3-4-10(15)5-12(9)13-8-18(11-6-16-7-11)14(19)17(13)2/h3-5,11,13,16H,6-8H2,1-2H3. The summed E-state index contributed by atoms with van der Waals surface area (Å²) in [6, 6.07) is 6.95. The van der Waals surface area contributed by atoms with E-state index in [1.807, 2.05) is 22.9 Å². The van der Waals surface area contributed by atoms with Gasteiger partial charge in [0.1, 0.15) is 0 Å². The van der Waals surface area contributed by atoms with E-state index in [-0.39, 0.29) is 12.1 Å². The number of hydrogen-bond donors (Lipinski definition) is 1. The van der Waals surface area contributed by atoms with Gasteiger partial charge in [-0.2, -0.15) is 0 Å². The van der Waals surface area contributed by atoms with E-state index < -0.39 is 0 Å². The highest BCUT2D eigenvalue weighted by Crippen LogP contribution is 2.33. The van der Waals surface area contributed by atoms with Crippen LogP contribution < -0.4 is 5.32 Å². The molecule has 0 radical (unpaired) electrons. The van der Waals surface area contributed by atoms with Crippen LogP contribution in [-0.2, 0) is 0 Å². The molecule has 4 nitrogen and oxygen atoms in total. The zero-order valence-electron chi connectivity index (χ0n) is 11.2. The highest BCUT2D eigenvalue weighted by Gasteiger charge is 2.41. The molecule has 1 atom stereocenters. The van der Waals surface area contributed by atoms with Gasteiger partial charge in [-0.15, -0.1) is 0 Å². The summed E-state index contributed by atoms with van der Waals surface area (Å²) in [6.07, 6.45) is 0. The van der Waals surface area contributed by atoms with E-state index in [0.717, 1.165) is 24.1 Å². The summed E-state index contributed by atoms with van der Waals surface area (Å²) in [4.78, 5) is 16.2. The van der Waals surface area contributed by atoms with Crippen molar-refractivity contribution in [1.29, 1.82) is 0 Å². The van der Waals surface area contributed by atoms with Crippen LogP contribution >= 0.6 is 15.9 Å². The van der Waals surface area contributed by atoms with Gasteiger partial charge in [-0.1, -0.05) is 22.0 Å². The molecule has 0 bridgehead atoms. The smallest absolute Gasteiger partial charge is 0.319 e. The second kappa shape index (κ2) is 4.80. The summed E-state index contributed by atoms with van der Waals surface area (Å²) in [7, 11) is 1.90. The van der Waals surface area contributed by atoms with Crippen molar-refractivity contribution < 1.29 is 4.79 Å². The lowest BCUT2D eigenvalue weighted by Crippen LogP contribution is -2.57. The predicted octanol–water partition coefficient (Wildman–Crippen LogP) is 2.14. The molecule has 2 aliphatic heterocycles. The summed E-state index contributed by atoms with van der Waals surface area (Å²) < 4.78 is 1.07. The minimum absolute atomic E-state index is 0.149.